The van der Waals surface area contributed by atoms with Crippen molar-refractivity contribution in [3.63, 3.8) is 0 Å². The lowest BCUT2D eigenvalue weighted by atomic mass is 10.0. The van der Waals surface area contributed by atoms with E-state index in [4.69, 9.17) is 13.9 Å². The maximum atomic E-state index is 13.1. The van der Waals surface area contributed by atoms with Gasteiger partial charge in [-0.1, -0.05) is 44.2 Å². The predicted octanol–water partition coefficient (Wildman–Crippen LogP) is 4.34. The summed E-state index contributed by atoms with van der Waals surface area (Å²) in [7, 11) is -2.51. The van der Waals surface area contributed by atoms with E-state index < -0.39 is 21.6 Å². The van der Waals surface area contributed by atoms with Gasteiger partial charge in [0, 0.05) is 30.1 Å². The topological polar surface area (TPSA) is 103 Å². The van der Waals surface area contributed by atoms with Gasteiger partial charge in [-0.15, -0.1) is 0 Å². The Morgan fingerprint density at radius 3 is 2.46 bits per heavy atom. The number of esters is 1. The molecule has 0 atom stereocenters. The van der Waals surface area contributed by atoms with Gasteiger partial charge in [-0.25, -0.2) is 18.0 Å². The van der Waals surface area contributed by atoms with Crippen molar-refractivity contribution < 1.29 is 27.1 Å². The zero-order chi connectivity index (χ0) is 25.2. The molecule has 0 radical (unpaired) electrons. The second-order valence-corrected chi connectivity index (χ2v) is 9.69. The minimum absolute atomic E-state index is 0.0497. The molecule has 0 aliphatic carbocycles. The Morgan fingerprint density at radius 1 is 1.00 bits per heavy atom. The molecule has 9 heteroatoms. The molecule has 0 aliphatic rings. The zero-order valence-electron chi connectivity index (χ0n) is 19.6. The lowest BCUT2D eigenvalue weighted by Crippen LogP contribution is -2.31. The normalized spacial score (nSPS) is 11.8. The average molecular weight is 496 g/mol. The lowest BCUT2D eigenvalue weighted by Gasteiger charge is -2.20. The number of carbonyl (C=O) groups is 1. The molecule has 1 aromatic heterocycles. The van der Waals surface area contributed by atoms with Crippen molar-refractivity contribution in [1.29, 1.82) is 0 Å². The Morgan fingerprint density at radius 2 is 1.74 bits per heavy atom. The van der Waals surface area contributed by atoms with Gasteiger partial charge in [0.15, 0.2) is 0 Å². The molecule has 0 spiro atoms. The first-order valence-electron chi connectivity index (χ1n) is 11.1. The van der Waals surface area contributed by atoms with E-state index in [2.05, 4.69) is 0 Å². The maximum absolute atomic E-state index is 13.1. The van der Waals surface area contributed by atoms with Gasteiger partial charge >= 0.3 is 11.6 Å². The van der Waals surface area contributed by atoms with Gasteiger partial charge in [0.1, 0.15) is 22.8 Å². The average Bonchev–Trinajstić information content (AvgIpc) is 2.86. The Hall–Kier alpha value is -3.69. The molecular formula is C26H25NO7S. The van der Waals surface area contributed by atoms with Crippen molar-refractivity contribution in [3.8, 4) is 5.75 Å². The number of hydrogen-bond acceptors (Lipinski definition) is 7. The Kier molecular flexibility index (Phi) is 6.90. The van der Waals surface area contributed by atoms with Gasteiger partial charge in [0.2, 0.25) is 10.0 Å². The van der Waals surface area contributed by atoms with Gasteiger partial charge in [-0.3, -0.25) is 0 Å². The SMILES string of the molecule is CCN(CC)S(=O)(=O)c1cc(C(=O)OCc2cc(=O)oc3ccc4ccccc4c23)ccc1OC. The molecule has 35 heavy (non-hydrogen) atoms. The number of carbonyl (C=O) groups excluding carboxylic acids is 1. The molecule has 0 unspecified atom stereocenters. The van der Waals surface area contributed by atoms with Crippen molar-refractivity contribution in [2.45, 2.75) is 25.3 Å². The molecule has 0 saturated carbocycles. The van der Waals surface area contributed by atoms with Gasteiger partial charge < -0.3 is 13.9 Å². The molecule has 1 heterocycles. The number of hydrogen-bond donors (Lipinski definition) is 0. The van der Waals surface area contributed by atoms with Gasteiger partial charge in [-0.05, 0) is 35.0 Å². The van der Waals surface area contributed by atoms with E-state index >= 15 is 0 Å². The Labute approximate surface area is 202 Å². The summed E-state index contributed by atoms with van der Waals surface area (Å²) in [4.78, 5) is 24.9. The summed E-state index contributed by atoms with van der Waals surface area (Å²) >= 11 is 0. The van der Waals surface area contributed by atoms with Crippen LogP contribution in [0.5, 0.6) is 5.75 Å². The first kappa shape index (κ1) is 24.4. The molecule has 3 aromatic carbocycles. The highest BCUT2D eigenvalue weighted by Gasteiger charge is 2.27. The number of fused-ring (bicyclic) bond motifs is 3. The number of methoxy groups -OCH3 is 1. The number of ether oxygens (including phenoxy) is 2. The first-order chi connectivity index (χ1) is 16.8. The molecule has 0 bridgehead atoms. The van der Waals surface area contributed by atoms with Gasteiger partial charge in [0.25, 0.3) is 0 Å². The van der Waals surface area contributed by atoms with Crippen LogP contribution in [0.2, 0.25) is 0 Å². The monoisotopic (exact) mass is 495 g/mol. The molecule has 8 nitrogen and oxygen atoms in total. The number of nitrogens with zero attached hydrogens (tertiary/aromatic N) is 1. The van der Waals surface area contributed by atoms with Crippen molar-refractivity contribution in [1.82, 2.24) is 4.31 Å². The van der Waals surface area contributed by atoms with Crippen molar-refractivity contribution in [2.75, 3.05) is 20.2 Å². The Bertz CT molecular complexity index is 1570. The third kappa shape index (κ3) is 4.65. The van der Waals surface area contributed by atoms with Crippen LogP contribution < -0.4 is 10.4 Å². The summed E-state index contributed by atoms with van der Waals surface area (Å²) in [6, 6.07) is 16.6. The van der Waals surface area contributed by atoms with Gasteiger partial charge in [-0.2, -0.15) is 4.31 Å². The fourth-order valence-corrected chi connectivity index (χ4v) is 5.71. The second kappa shape index (κ2) is 9.89. The molecule has 0 saturated heterocycles. The van der Waals surface area contributed by atoms with E-state index in [0.717, 1.165) is 10.8 Å². The number of sulfonamides is 1. The van der Waals surface area contributed by atoms with Gasteiger partial charge in [0.05, 0.1) is 12.7 Å². The van der Waals surface area contributed by atoms with E-state index in [9.17, 15) is 18.0 Å². The summed E-state index contributed by atoms with van der Waals surface area (Å²) in [5.41, 5.74) is 0.370. The molecule has 4 rings (SSSR count). The quantitative estimate of drug-likeness (QED) is 0.203. The summed E-state index contributed by atoms with van der Waals surface area (Å²) < 4.78 is 43.5. The minimum atomic E-state index is -3.88. The summed E-state index contributed by atoms with van der Waals surface area (Å²) in [6.45, 7) is 3.81. The molecular weight excluding hydrogens is 470 g/mol. The highest BCUT2D eigenvalue weighted by atomic mass is 32.2. The van der Waals surface area contributed by atoms with E-state index in [1.807, 2.05) is 30.3 Å². The lowest BCUT2D eigenvalue weighted by molar-refractivity contribution is 0.0473. The van der Waals surface area contributed by atoms with Crippen molar-refractivity contribution in [3.05, 3.63) is 82.2 Å². The predicted molar refractivity (Wildman–Crippen MR) is 132 cm³/mol. The van der Waals surface area contributed by atoms with Crippen LogP contribution >= 0.6 is 0 Å². The van der Waals surface area contributed by atoms with Crippen LogP contribution in [-0.2, 0) is 21.4 Å². The molecule has 0 fully saturated rings. The smallest absolute Gasteiger partial charge is 0.338 e. The van der Waals surface area contributed by atoms with Crippen LogP contribution in [0.25, 0.3) is 21.7 Å². The highest BCUT2D eigenvalue weighted by molar-refractivity contribution is 7.89. The summed E-state index contributed by atoms with van der Waals surface area (Å²) in [6.07, 6.45) is 0. The van der Waals surface area contributed by atoms with E-state index in [0.29, 0.717) is 16.5 Å². The van der Waals surface area contributed by atoms with Crippen LogP contribution in [0.15, 0.2) is 74.8 Å². The summed E-state index contributed by atoms with van der Waals surface area (Å²) in [5, 5.41) is 2.48. The third-order valence-corrected chi connectivity index (χ3v) is 7.87. The number of rotatable bonds is 8. The standard InChI is InChI=1S/C26H25NO7S/c1-4-27(5-2)35(30,31)23-14-18(11-12-21(23)32-3)26(29)33-16-19-15-24(28)34-22-13-10-17-8-6-7-9-20(17)25(19)22/h6-15H,4-5,16H2,1-3H3. The minimum Gasteiger partial charge on any atom is -0.495 e. The molecule has 0 aliphatic heterocycles. The molecule has 0 N–H and O–H groups in total. The Balaban J connectivity index is 1.69. The maximum Gasteiger partial charge on any atom is 0.338 e. The fraction of sp³-hybridized carbons (Fsp3) is 0.231. The largest absolute Gasteiger partial charge is 0.495 e. The van der Waals surface area contributed by atoms with Crippen LogP contribution in [0, 0.1) is 0 Å². The highest BCUT2D eigenvalue weighted by Crippen LogP contribution is 2.30. The summed E-state index contributed by atoms with van der Waals surface area (Å²) in [5.74, 6) is -0.600. The molecule has 0 amide bonds. The third-order valence-electron chi connectivity index (χ3n) is 5.80. The molecule has 182 valence electrons. The van der Waals surface area contributed by atoms with Crippen molar-refractivity contribution in [2.24, 2.45) is 0 Å². The van der Waals surface area contributed by atoms with Crippen LogP contribution in [0.3, 0.4) is 0 Å². The van der Waals surface area contributed by atoms with E-state index in [1.54, 1.807) is 19.9 Å². The first-order valence-corrected chi connectivity index (χ1v) is 12.5. The van der Waals surface area contributed by atoms with E-state index in [1.165, 1.54) is 35.7 Å². The fourth-order valence-electron chi connectivity index (χ4n) is 4.07. The zero-order valence-corrected chi connectivity index (χ0v) is 20.4. The van der Waals surface area contributed by atoms with Crippen LogP contribution in [0.1, 0.15) is 29.8 Å². The second-order valence-electron chi connectivity index (χ2n) is 7.78. The van der Waals surface area contributed by atoms with Crippen molar-refractivity contribution >= 4 is 37.7 Å². The number of benzene rings is 3. The van der Waals surface area contributed by atoms with Crippen LogP contribution in [-0.4, -0.2) is 38.9 Å². The van der Waals surface area contributed by atoms with Crippen LogP contribution in [0.4, 0.5) is 0 Å². The van der Waals surface area contributed by atoms with E-state index in [-0.39, 0.29) is 35.9 Å². The molecule has 4 aromatic rings.